The monoisotopic (exact) mass is 305 g/mol. The maximum Gasteiger partial charge on any atom is 0.283 e. The van der Waals surface area contributed by atoms with Gasteiger partial charge in [-0.1, -0.05) is 29.8 Å². The molecule has 0 heterocycles. The lowest BCUT2D eigenvalue weighted by Crippen LogP contribution is -2.39. The van der Waals surface area contributed by atoms with E-state index in [-0.39, 0.29) is 16.3 Å². The molecule has 7 heteroatoms. The number of nitro groups is 1. The summed E-state index contributed by atoms with van der Waals surface area (Å²) >= 11 is 5.72. The van der Waals surface area contributed by atoms with Gasteiger partial charge in [-0.15, -0.1) is 0 Å². The van der Waals surface area contributed by atoms with E-state index in [1.54, 1.807) is 19.2 Å². The van der Waals surface area contributed by atoms with Crippen LogP contribution in [0.15, 0.2) is 48.5 Å². The van der Waals surface area contributed by atoms with E-state index in [1.807, 2.05) is 18.2 Å². The Kier molecular flexibility index (Phi) is 4.39. The summed E-state index contributed by atoms with van der Waals surface area (Å²) in [5, 5.41) is 12.7. The SMILES string of the molecule is CN(NC(=O)c1ccc(Cl)cc1[N+](=O)[O-])c1ccccc1. The highest BCUT2D eigenvalue weighted by Crippen LogP contribution is 2.23. The highest BCUT2D eigenvalue weighted by Gasteiger charge is 2.21. The fourth-order valence-electron chi connectivity index (χ4n) is 1.78. The molecule has 0 fully saturated rings. The molecule has 0 unspecified atom stereocenters. The summed E-state index contributed by atoms with van der Waals surface area (Å²) in [5.41, 5.74) is 2.95. The second-order valence-electron chi connectivity index (χ2n) is 4.25. The van der Waals surface area contributed by atoms with Crippen LogP contribution in [0, 0.1) is 10.1 Å². The van der Waals surface area contributed by atoms with Crippen LogP contribution in [0.2, 0.25) is 5.02 Å². The van der Waals surface area contributed by atoms with Crippen molar-refractivity contribution < 1.29 is 9.72 Å². The Morgan fingerprint density at radius 3 is 2.52 bits per heavy atom. The van der Waals surface area contributed by atoms with E-state index >= 15 is 0 Å². The van der Waals surface area contributed by atoms with Crippen LogP contribution < -0.4 is 10.4 Å². The van der Waals surface area contributed by atoms with Crippen molar-refractivity contribution in [3.05, 3.63) is 69.2 Å². The number of halogens is 1. The van der Waals surface area contributed by atoms with Gasteiger partial charge in [0.15, 0.2) is 0 Å². The Balaban J connectivity index is 2.23. The molecule has 2 aromatic carbocycles. The Hall–Kier alpha value is -2.60. The molecule has 0 saturated carbocycles. The van der Waals surface area contributed by atoms with E-state index in [2.05, 4.69) is 5.43 Å². The summed E-state index contributed by atoms with van der Waals surface area (Å²) in [6.45, 7) is 0. The molecule has 0 aliphatic heterocycles. The molecule has 1 amide bonds. The zero-order chi connectivity index (χ0) is 15.4. The second-order valence-corrected chi connectivity index (χ2v) is 4.69. The smallest absolute Gasteiger partial charge is 0.283 e. The van der Waals surface area contributed by atoms with Crippen LogP contribution in [0.25, 0.3) is 0 Å². The minimum atomic E-state index is -0.636. The molecule has 0 spiro atoms. The van der Waals surface area contributed by atoms with Crippen LogP contribution in [0.1, 0.15) is 10.4 Å². The van der Waals surface area contributed by atoms with Gasteiger partial charge in [0, 0.05) is 18.1 Å². The van der Waals surface area contributed by atoms with E-state index in [4.69, 9.17) is 11.6 Å². The average molecular weight is 306 g/mol. The number of nitrogens with one attached hydrogen (secondary N) is 1. The number of para-hydroxylation sites is 1. The third kappa shape index (κ3) is 3.49. The minimum Gasteiger partial charge on any atom is -0.288 e. The Morgan fingerprint density at radius 2 is 1.90 bits per heavy atom. The lowest BCUT2D eigenvalue weighted by Gasteiger charge is -2.20. The van der Waals surface area contributed by atoms with Gasteiger partial charge in [-0.25, -0.2) is 0 Å². The van der Waals surface area contributed by atoms with E-state index in [9.17, 15) is 14.9 Å². The fraction of sp³-hybridized carbons (Fsp3) is 0.0714. The van der Waals surface area contributed by atoms with Crippen molar-refractivity contribution in [3.8, 4) is 0 Å². The maximum absolute atomic E-state index is 12.2. The normalized spacial score (nSPS) is 10.0. The van der Waals surface area contributed by atoms with Crippen molar-refractivity contribution in [1.29, 1.82) is 0 Å². The average Bonchev–Trinajstić information content (AvgIpc) is 2.47. The number of nitro benzene ring substituents is 1. The molecule has 108 valence electrons. The third-order valence-electron chi connectivity index (χ3n) is 2.81. The number of hydrogen-bond donors (Lipinski definition) is 1. The first-order chi connectivity index (χ1) is 9.99. The lowest BCUT2D eigenvalue weighted by atomic mass is 10.1. The summed E-state index contributed by atoms with van der Waals surface area (Å²) in [6.07, 6.45) is 0. The molecule has 0 aromatic heterocycles. The van der Waals surface area contributed by atoms with Gasteiger partial charge in [-0.3, -0.25) is 25.3 Å². The third-order valence-corrected chi connectivity index (χ3v) is 3.05. The number of hydrogen-bond acceptors (Lipinski definition) is 4. The molecule has 2 rings (SSSR count). The van der Waals surface area contributed by atoms with Crippen molar-refractivity contribution >= 4 is 28.9 Å². The Morgan fingerprint density at radius 1 is 1.24 bits per heavy atom. The minimum absolute atomic E-state index is 0.0489. The number of hydrazine groups is 1. The van der Waals surface area contributed by atoms with Crippen LogP contribution in [-0.2, 0) is 0 Å². The molecule has 0 saturated heterocycles. The molecule has 0 bridgehead atoms. The van der Waals surface area contributed by atoms with E-state index in [0.717, 1.165) is 11.8 Å². The zero-order valence-corrected chi connectivity index (χ0v) is 11.9. The first kappa shape index (κ1) is 14.8. The molecule has 6 nitrogen and oxygen atoms in total. The van der Waals surface area contributed by atoms with Gasteiger partial charge in [0.05, 0.1) is 10.6 Å². The van der Waals surface area contributed by atoms with Gasteiger partial charge in [-0.2, -0.15) is 0 Å². The van der Waals surface area contributed by atoms with Crippen molar-refractivity contribution in [2.45, 2.75) is 0 Å². The molecule has 21 heavy (non-hydrogen) atoms. The number of benzene rings is 2. The predicted octanol–water partition coefficient (Wildman–Crippen LogP) is 3.03. The van der Waals surface area contributed by atoms with Gasteiger partial charge < -0.3 is 0 Å². The molecule has 0 radical (unpaired) electrons. The number of nitrogens with zero attached hydrogens (tertiary/aromatic N) is 2. The largest absolute Gasteiger partial charge is 0.288 e. The molecule has 0 atom stereocenters. The summed E-state index contributed by atoms with van der Waals surface area (Å²) in [5.74, 6) is -0.579. The van der Waals surface area contributed by atoms with Crippen LogP contribution in [0.3, 0.4) is 0 Å². The first-order valence-corrected chi connectivity index (χ1v) is 6.40. The van der Waals surface area contributed by atoms with Crippen LogP contribution in [0.5, 0.6) is 0 Å². The van der Waals surface area contributed by atoms with Gasteiger partial charge >= 0.3 is 0 Å². The first-order valence-electron chi connectivity index (χ1n) is 6.03. The topological polar surface area (TPSA) is 75.5 Å². The van der Waals surface area contributed by atoms with Gasteiger partial charge in [0.1, 0.15) is 5.56 Å². The Labute approximate surface area is 126 Å². The van der Waals surface area contributed by atoms with Crippen molar-refractivity contribution in [3.63, 3.8) is 0 Å². The molecular weight excluding hydrogens is 294 g/mol. The number of amides is 1. The fourth-order valence-corrected chi connectivity index (χ4v) is 1.94. The van der Waals surface area contributed by atoms with Crippen LogP contribution in [0.4, 0.5) is 11.4 Å². The summed E-state index contributed by atoms with van der Waals surface area (Å²) in [6, 6.07) is 13.0. The predicted molar refractivity (Wildman–Crippen MR) is 80.4 cm³/mol. The van der Waals surface area contributed by atoms with Crippen LogP contribution in [-0.4, -0.2) is 17.9 Å². The second kappa shape index (κ2) is 6.23. The molecule has 0 aliphatic carbocycles. The van der Waals surface area contributed by atoms with Crippen molar-refractivity contribution in [2.24, 2.45) is 0 Å². The quantitative estimate of drug-likeness (QED) is 0.696. The highest BCUT2D eigenvalue weighted by atomic mass is 35.5. The molecule has 1 N–H and O–H groups in total. The van der Waals surface area contributed by atoms with E-state index in [1.165, 1.54) is 17.1 Å². The lowest BCUT2D eigenvalue weighted by molar-refractivity contribution is -0.385. The number of anilines is 1. The number of rotatable bonds is 4. The van der Waals surface area contributed by atoms with E-state index in [0.29, 0.717) is 0 Å². The van der Waals surface area contributed by atoms with Gasteiger partial charge in [0.25, 0.3) is 11.6 Å². The van der Waals surface area contributed by atoms with E-state index < -0.39 is 10.8 Å². The summed E-state index contributed by atoms with van der Waals surface area (Å²) in [7, 11) is 1.65. The summed E-state index contributed by atoms with van der Waals surface area (Å²) in [4.78, 5) is 22.5. The van der Waals surface area contributed by atoms with Crippen LogP contribution >= 0.6 is 11.6 Å². The Bertz CT molecular complexity index is 676. The number of carbonyl (C=O) groups is 1. The molecular formula is C14H12ClN3O3. The van der Waals surface area contributed by atoms with Gasteiger partial charge in [0.2, 0.25) is 0 Å². The molecule has 0 aliphatic rings. The summed E-state index contributed by atoms with van der Waals surface area (Å²) < 4.78 is 0. The van der Waals surface area contributed by atoms with Gasteiger partial charge in [-0.05, 0) is 24.3 Å². The standard InChI is InChI=1S/C14H12ClN3O3/c1-17(11-5-3-2-4-6-11)16-14(19)12-8-7-10(15)9-13(12)18(20)21/h2-9H,1H3,(H,16,19). The number of carbonyl (C=O) groups excluding carboxylic acids is 1. The zero-order valence-electron chi connectivity index (χ0n) is 11.1. The van der Waals surface area contributed by atoms with Crippen molar-refractivity contribution in [1.82, 2.24) is 5.43 Å². The highest BCUT2D eigenvalue weighted by molar-refractivity contribution is 6.31. The van der Waals surface area contributed by atoms with Crippen molar-refractivity contribution in [2.75, 3.05) is 12.1 Å². The molecule has 2 aromatic rings. The maximum atomic E-state index is 12.2.